The van der Waals surface area contributed by atoms with E-state index in [1.54, 1.807) is 4.31 Å². The molecule has 0 bridgehead atoms. The highest BCUT2D eigenvalue weighted by atomic mass is 32.2. The lowest BCUT2D eigenvalue weighted by Crippen LogP contribution is -2.43. The molecule has 104 valence electrons. The third-order valence-electron chi connectivity index (χ3n) is 3.61. The van der Waals surface area contributed by atoms with Gasteiger partial charge in [-0.25, -0.2) is 0 Å². The molecule has 1 atom stereocenters. The average Bonchev–Trinajstić information content (AvgIpc) is 2.72. The van der Waals surface area contributed by atoms with Gasteiger partial charge < -0.3 is 0 Å². The molecule has 0 saturated carbocycles. The summed E-state index contributed by atoms with van der Waals surface area (Å²) in [6, 6.07) is 5.66. The standard InChI is InChI=1S/C14H14N2O3S/c1-8-3-2-4-9-10(8)7-16(14(9)19)20-11-5-6-12(17)15-13(11)18/h2-4,11H,5-7H2,1H3,(H,15,17,18). The summed E-state index contributed by atoms with van der Waals surface area (Å²) < 4.78 is 1.62. The molecule has 3 rings (SSSR count). The highest BCUT2D eigenvalue weighted by Crippen LogP contribution is 2.34. The maximum absolute atomic E-state index is 12.3. The lowest BCUT2D eigenvalue weighted by Gasteiger charge is -2.24. The summed E-state index contributed by atoms with van der Waals surface area (Å²) in [5, 5.41) is 1.94. The maximum atomic E-state index is 12.3. The molecule has 2 aliphatic heterocycles. The van der Waals surface area contributed by atoms with Gasteiger partial charge in [0.1, 0.15) is 5.25 Å². The number of hydrogen-bond acceptors (Lipinski definition) is 4. The smallest absolute Gasteiger partial charge is 0.264 e. The normalized spacial score (nSPS) is 21.9. The Kier molecular flexibility index (Phi) is 3.25. The summed E-state index contributed by atoms with van der Waals surface area (Å²) >= 11 is 1.23. The van der Waals surface area contributed by atoms with E-state index in [9.17, 15) is 14.4 Å². The third kappa shape index (κ3) is 2.20. The highest BCUT2D eigenvalue weighted by molar-refractivity contribution is 7.98. The van der Waals surface area contributed by atoms with Gasteiger partial charge >= 0.3 is 0 Å². The minimum absolute atomic E-state index is 0.0570. The minimum atomic E-state index is -0.369. The first-order chi connectivity index (χ1) is 9.56. The maximum Gasteiger partial charge on any atom is 0.264 e. The topological polar surface area (TPSA) is 66.5 Å². The molecule has 0 radical (unpaired) electrons. The van der Waals surface area contributed by atoms with Crippen molar-refractivity contribution in [3.05, 3.63) is 34.9 Å². The largest absolute Gasteiger partial charge is 0.295 e. The van der Waals surface area contributed by atoms with Gasteiger partial charge in [0, 0.05) is 12.0 Å². The number of aryl methyl sites for hydroxylation is 1. The summed E-state index contributed by atoms with van der Waals surface area (Å²) in [5.41, 5.74) is 2.82. The third-order valence-corrected chi connectivity index (χ3v) is 4.87. The molecule has 1 aromatic carbocycles. The van der Waals surface area contributed by atoms with Crippen molar-refractivity contribution in [1.82, 2.24) is 9.62 Å². The van der Waals surface area contributed by atoms with Gasteiger partial charge in [-0.3, -0.25) is 24.0 Å². The van der Waals surface area contributed by atoms with E-state index in [0.29, 0.717) is 24.9 Å². The first-order valence-electron chi connectivity index (χ1n) is 6.47. The van der Waals surface area contributed by atoms with Crippen molar-refractivity contribution in [1.29, 1.82) is 0 Å². The molecular weight excluding hydrogens is 276 g/mol. The van der Waals surface area contributed by atoms with Crippen LogP contribution in [0.25, 0.3) is 0 Å². The first kappa shape index (κ1) is 13.2. The van der Waals surface area contributed by atoms with Crippen molar-refractivity contribution >= 4 is 29.7 Å². The van der Waals surface area contributed by atoms with Gasteiger partial charge in [-0.15, -0.1) is 0 Å². The monoisotopic (exact) mass is 290 g/mol. The molecule has 0 aromatic heterocycles. The van der Waals surface area contributed by atoms with Gasteiger partial charge in [-0.1, -0.05) is 12.1 Å². The van der Waals surface area contributed by atoms with Gasteiger partial charge in [0.05, 0.1) is 6.54 Å². The molecule has 6 heteroatoms. The zero-order chi connectivity index (χ0) is 14.3. The number of fused-ring (bicyclic) bond motifs is 1. The summed E-state index contributed by atoms with van der Waals surface area (Å²) in [6.45, 7) is 2.50. The summed E-state index contributed by atoms with van der Waals surface area (Å²) in [7, 11) is 0. The number of amides is 3. The molecule has 5 nitrogen and oxygen atoms in total. The van der Waals surface area contributed by atoms with Crippen molar-refractivity contribution in [2.75, 3.05) is 0 Å². The molecule has 2 heterocycles. The number of carbonyl (C=O) groups excluding carboxylic acids is 3. The molecule has 0 aliphatic carbocycles. The van der Waals surface area contributed by atoms with Crippen LogP contribution in [0.15, 0.2) is 18.2 Å². The fourth-order valence-electron chi connectivity index (χ4n) is 2.48. The second-order valence-corrected chi connectivity index (χ2v) is 6.21. The van der Waals surface area contributed by atoms with Crippen molar-refractivity contribution in [3.8, 4) is 0 Å². The van der Waals surface area contributed by atoms with Crippen LogP contribution in [0.4, 0.5) is 0 Å². The Bertz CT molecular complexity index is 614. The predicted octanol–water partition coefficient (Wildman–Crippen LogP) is 1.40. The van der Waals surface area contributed by atoms with Gasteiger partial charge in [-0.05, 0) is 42.5 Å². The van der Waals surface area contributed by atoms with E-state index in [2.05, 4.69) is 5.32 Å². The Morgan fingerprint density at radius 2 is 2.10 bits per heavy atom. The molecule has 20 heavy (non-hydrogen) atoms. The fourth-order valence-corrected chi connectivity index (χ4v) is 3.56. The predicted molar refractivity (Wildman–Crippen MR) is 74.8 cm³/mol. The Hall–Kier alpha value is -1.82. The van der Waals surface area contributed by atoms with Crippen LogP contribution in [-0.4, -0.2) is 27.3 Å². The van der Waals surface area contributed by atoms with Crippen molar-refractivity contribution in [2.45, 2.75) is 31.6 Å². The van der Waals surface area contributed by atoms with E-state index >= 15 is 0 Å². The Balaban J connectivity index is 1.75. The van der Waals surface area contributed by atoms with Crippen LogP contribution in [-0.2, 0) is 16.1 Å². The Labute approximate surface area is 120 Å². The zero-order valence-corrected chi connectivity index (χ0v) is 11.8. The fraction of sp³-hybridized carbons (Fsp3) is 0.357. The van der Waals surface area contributed by atoms with Gasteiger partial charge in [0.2, 0.25) is 11.8 Å². The van der Waals surface area contributed by atoms with E-state index in [-0.39, 0.29) is 23.0 Å². The van der Waals surface area contributed by atoms with E-state index < -0.39 is 0 Å². The average molecular weight is 290 g/mol. The molecule has 1 fully saturated rings. The van der Waals surface area contributed by atoms with E-state index in [4.69, 9.17) is 0 Å². The zero-order valence-electron chi connectivity index (χ0n) is 11.0. The second-order valence-electron chi connectivity index (χ2n) is 4.99. The van der Waals surface area contributed by atoms with Crippen LogP contribution in [0.2, 0.25) is 0 Å². The molecule has 1 aromatic rings. The van der Waals surface area contributed by atoms with Crippen molar-refractivity contribution < 1.29 is 14.4 Å². The van der Waals surface area contributed by atoms with Crippen molar-refractivity contribution in [2.24, 2.45) is 0 Å². The van der Waals surface area contributed by atoms with Crippen LogP contribution in [0, 0.1) is 6.92 Å². The Morgan fingerprint density at radius 3 is 2.80 bits per heavy atom. The van der Waals surface area contributed by atoms with Crippen LogP contribution in [0.5, 0.6) is 0 Å². The lowest BCUT2D eigenvalue weighted by molar-refractivity contribution is -0.132. The molecule has 1 saturated heterocycles. The molecule has 1 unspecified atom stereocenters. The SMILES string of the molecule is Cc1cccc2c1CN(SC1CCC(=O)NC1=O)C2=O. The number of hydrogen-bond donors (Lipinski definition) is 1. The van der Waals surface area contributed by atoms with E-state index in [1.807, 2.05) is 25.1 Å². The lowest BCUT2D eigenvalue weighted by atomic mass is 10.1. The number of nitrogens with zero attached hydrogens (tertiary/aromatic N) is 1. The van der Waals surface area contributed by atoms with E-state index in [0.717, 1.165) is 11.1 Å². The van der Waals surface area contributed by atoms with Crippen LogP contribution >= 0.6 is 11.9 Å². The first-order valence-corrected chi connectivity index (χ1v) is 7.31. The van der Waals surface area contributed by atoms with Crippen LogP contribution < -0.4 is 5.32 Å². The number of nitrogens with one attached hydrogen (secondary N) is 1. The molecule has 0 spiro atoms. The van der Waals surface area contributed by atoms with Gasteiger partial charge in [0.25, 0.3) is 5.91 Å². The molecule has 2 aliphatic rings. The number of rotatable bonds is 2. The quantitative estimate of drug-likeness (QED) is 0.660. The van der Waals surface area contributed by atoms with Gasteiger partial charge in [0.15, 0.2) is 0 Å². The second kappa shape index (κ2) is 4.94. The summed E-state index contributed by atoms with van der Waals surface area (Å²) in [4.78, 5) is 35.2. The minimum Gasteiger partial charge on any atom is -0.295 e. The Morgan fingerprint density at radius 1 is 1.30 bits per heavy atom. The van der Waals surface area contributed by atoms with Crippen molar-refractivity contribution in [3.63, 3.8) is 0 Å². The highest BCUT2D eigenvalue weighted by Gasteiger charge is 2.35. The number of carbonyl (C=O) groups is 3. The molecular formula is C14H14N2O3S. The molecule has 1 N–H and O–H groups in total. The van der Waals surface area contributed by atoms with Crippen LogP contribution in [0.3, 0.4) is 0 Å². The molecule has 3 amide bonds. The summed E-state index contributed by atoms with van der Waals surface area (Å²) in [5.74, 6) is -0.594. The van der Waals surface area contributed by atoms with Gasteiger partial charge in [-0.2, -0.15) is 0 Å². The van der Waals surface area contributed by atoms with Crippen LogP contribution in [0.1, 0.15) is 34.3 Å². The number of piperidine rings is 1. The van der Waals surface area contributed by atoms with E-state index in [1.165, 1.54) is 11.9 Å². The number of benzene rings is 1. The summed E-state index contributed by atoms with van der Waals surface area (Å²) in [6.07, 6.45) is 0.811. The number of imide groups is 1.